The molecule has 0 radical (unpaired) electrons. The van der Waals surface area contributed by atoms with Gasteiger partial charge in [0, 0.05) is 26.2 Å². The maximum atomic E-state index is 9.84. The van der Waals surface area contributed by atoms with Gasteiger partial charge in [-0.15, -0.1) is 0 Å². The highest BCUT2D eigenvalue weighted by Gasteiger charge is 2.20. The Bertz CT molecular complexity index is 178. The maximum absolute atomic E-state index is 9.84. The van der Waals surface area contributed by atoms with Crippen LogP contribution < -0.4 is 5.32 Å². The van der Waals surface area contributed by atoms with E-state index in [1.165, 1.54) is 0 Å². The molecule has 0 bridgehead atoms. The molecule has 0 aromatic carbocycles. The number of morpholine rings is 1. The topological polar surface area (TPSA) is 44.7 Å². The molecule has 2 unspecified atom stereocenters. The molecule has 1 fully saturated rings. The van der Waals surface area contributed by atoms with Gasteiger partial charge in [0.25, 0.3) is 0 Å². The summed E-state index contributed by atoms with van der Waals surface area (Å²) in [5.74, 6) is 0. The van der Waals surface area contributed by atoms with Crippen molar-refractivity contribution in [1.29, 1.82) is 0 Å². The number of nitrogens with one attached hydrogen (secondary N) is 1. The lowest BCUT2D eigenvalue weighted by atomic mass is 10.2. The lowest BCUT2D eigenvalue weighted by Gasteiger charge is -2.33. The van der Waals surface area contributed by atoms with Gasteiger partial charge in [-0.2, -0.15) is 0 Å². The standard InChI is InChI=1S/C12H26N2O2/c1-3-5-13-8-11(15)9-14-6-7-16-12(4-2)10-14/h11-13,15H,3-10H2,1-2H3. The third-order valence-electron chi connectivity index (χ3n) is 2.95. The zero-order valence-electron chi connectivity index (χ0n) is 10.6. The Balaban J connectivity index is 2.14. The van der Waals surface area contributed by atoms with Crippen molar-refractivity contribution in [2.45, 2.75) is 38.9 Å². The number of aliphatic hydroxyl groups excluding tert-OH is 1. The molecule has 1 aliphatic rings. The van der Waals surface area contributed by atoms with Crippen molar-refractivity contribution in [1.82, 2.24) is 10.2 Å². The Morgan fingerprint density at radius 3 is 3.00 bits per heavy atom. The van der Waals surface area contributed by atoms with Gasteiger partial charge in [-0.25, -0.2) is 0 Å². The first kappa shape index (κ1) is 13.9. The van der Waals surface area contributed by atoms with Crippen LogP contribution in [-0.2, 0) is 4.74 Å². The number of ether oxygens (including phenoxy) is 1. The molecule has 0 aromatic rings. The molecule has 2 N–H and O–H groups in total. The largest absolute Gasteiger partial charge is 0.390 e. The fourth-order valence-electron chi connectivity index (χ4n) is 2.00. The van der Waals surface area contributed by atoms with Gasteiger partial charge in [-0.1, -0.05) is 13.8 Å². The molecule has 2 atom stereocenters. The van der Waals surface area contributed by atoms with E-state index < -0.39 is 0 Å². The molecule has 16 heavy (non-hydrogen) atoms. The first-order chi connectivity index (χ1) is 7.76. The van der Waals surface area contributed by atoms with Crippen LogP contribution in [-0.4, -0.2) is 61.5 Å². The van der Waals surface area contributed by atoms with Crippen LogP contribution in [0.25, 0.3) is 0 Å². The van der Waals surface area contributed by atoms with Crippen molar-refractivity contribution in [2.24, 2.45) is 0 Å². The third kappa shape index (κ3) is 5.25. The summed E-state index contributed by atoms with van der Waals surface area (Å²) < 4.78 is 5.60. The number of hydrogen-bond acceptors (Lipinski definition) is 4. The van der Waals surface area contributed by atoms with Crippen LogP contribution in [0, 0.1) is 0 Å². The van der Waals surface area contributed by atoms with Crippen LogP contribution >= 0.6 is 0 Å². The lowest BCUT2D eigenvalue weighted by Crippen LogP contribution is -2.47. The van der Waals surface area contributed by atoms with E-state index in [-0.39, 0.29) is 6.10 Å². The number of nitrogens with zero attached hydrogens (tertiary/aromatic N) is 1. The van der Waals surface area contributed by atoms with E-state index in [1.54, 1.807) is 0 Å². The van der Waals surface area contributed by atoms with E-state index in [4.69, 9.17) is 4.74 Å². The Hall–Kier alpha value is -0.160. The predicted octanol–water partition coefficient (Wildman–Crippen LogP) is 0.458. The van der Waals surface area contributed by atoms with Crippen molar-refractivity contribution in [3.63, 3.8) is 0 Å². The third-order valence-corrected chi connectivity index (χ3v) is 2.95. The van der Waals surface area contributed by atoms with Crippen LogP contribution in [0.1, 0.15) is 26.7 Å². The van der Waals surface area contributed by atoms with Crippen LogP contribution in [0.15, 0.2) is 0 Å². The van der Waals surface area contributed by atoms with Crippen LogP contribution in [0.5, 0.6) is 0 Å². The molecular formula is C12H26N2O2. The van der Waals surface area contributed by atoms with Gasteiger partial charge >= 0.3 is 0 Å². The molecule has 0 spiro atoms. The second-order valence-electron chi connectivity index (χ2n) is 4.52. The highest BCUT2D eigenvalue weighted by molar-refractivity contribution is 4.73. The summed E-state index contributed by atoms with van der Waals surface area (Å²) in [7, 11) is 0. The maximum Gasteiger partial charge on any atom is 0.0791 e. The van der Waals surface area contributed by atoms with Gasteiger partial charge in [0.2, 0.25) is 0 Å². The SMILES string of the molecule is CCCNCC(O)CN1CCOC(CC)C1. The summed E-state index contributed by atoms with van der Waals surface area (Å²) in [4.78, 5) is 2.30. The molecule has 1 saturated heterocycles. The molecule has 0 saturated carbocycles. The van der Waals surface area contributed by atoms with Crippen molar-refractivity contribution in [3.8, 4) is 0 Å². The van der Waals surface area contributed by atoms with E-state index in [9.17, 15) is 5.11 Å². The Labute approximate surface area is 99.0 Å². The molecule has 0 aromatic heterocycles. The normalized spacial score (nSPS) is 24.6. The average Bonchev–Trinajstić information content (AvgIpc) is 2.29. The van der Waals surface area contributed by atoms with E-state index >= 15 is 0 Å². The molecule has 96 valence electrons. The molecule has 0 amide bonds. The summed E-state index contributed by atoms with van der Waals surface area (Å²) in [6, 6.07) is 0. The summed E-state index contributed by atoms with van der Waals surface area (Å²) >= 11 is 0. The van der Waals surface area contributed by atoms with Crippen molar-refractivity contribution < 1.29 is 9.84 Å². The molecule has 1 aliphatic heterocycles. The summed E-state index contributed by atoms with van der Waals surface area (Å²) in [6.45, 7) is 9.42. The van der Waals surface area contributed by atoms with Gasteiger partial charge < -0.3 is 15.2 Å². The highest BCUT2D eigenvalue weighted by atomic mass is 16.5. The van der Waals surface area contributed by atoms with E-state index in [0.29, 0.717) is 12.6 Å². The van der Waals surface area contributed by atoms with Crippen LogP contribution in [0.4, 0.5) is 0 Å². The quantitative estimate of drug-likeness (QED) is 0.624. The van der Waals surface area contributed by atoms with Crippen LogP contribution in [0.3, 0.4) is 0 Å². The predicted molar refractivity (Wildman–Crippen MR) is 65.6 cm³/mol. The van der Waals surface area contributed by atoms with Crippen molar-refractivity contribution in [2.75, 3.05) is 39.3 Å². The number of hydrogen-bond donors (Lipinski definition) is 2. The second-order valence-corrected chi connectivity index (χ2v) is 4.52. The van der Waals surface area contributed by atoms with Crippen molar-refractivity contribution >= 4 is 0 Å². The summed E-state index contributed by atoms with van der Waals surface area (Å²) in [5, 5.41) is 13.1. The fraction of sp³-hybridized carbons (Fsp3) is 1.00. The van der Waals surface area contributed by atoms with Gasteiger partial charge in [-0.05, 0) is 19.4 Å². The average molecular weight is 230 g/mol. The number of rotatable bonds is 7. The molecule has 1 rings (SSSR count). The van der Waals surface area contributed by atoms with E-state index in [2.05, 4.69) is 24.1 Å². The number of aliphatic hydroxyl groups is 1. The zero-order valence-corrected chi connectivity index (χ0v) is 10.6. The molecule has 4 nitrogen and oxygen atoms in total. The minimum absolute atomic E-state index is 0.262. The minimum atomic E-state index is -0.262. The molecular weight excluding hydrogens is 204 g/mol. The first-order valence-corrected chi connectivity index (χ1v) is 6.49. The number of β-amino-alcohol motifs (C(OH)–C–C–N with tert-alkyl or cyclic N) is 1. The summed E-state index contributed by atoms with van der Waals surface area (Å²) in [5.41, 5.74) is 0. The first-order valence-electron chi connectivity index (χ1n) is 6.49. The molecule has 0 aliphatic carbocycles. The second kappa shape index (κ2) is 8.01. The zero-order chi connectivity index (χ0) is 11.8. The Morgan fingerprint density at radius 2 is 2.31 bits per heavy atom. The Kier molecular flexibility index (Phi) is 6.96. The monoisotopic (exact) mass is 230 g/mol. The van der Waals surface area contributed by atoms with Gasteiger partial charge in [-0.3, -0.25) is 4.90 Å². The molecule has 4 heteroatoms. The smallest absolute Gasteiger partial charge is 0.0791 e. The van der Waals surface area contributed by atoms with Gasteiger partial charge in [0.15, 0.2) is 0 Å². The van der Waals surface area contributed by atoms with Gasteiger partial charge in [0.1, 0.15) is 0 Å². The van der Waals surface area contributed by atoms with E-state index in [1.807, 2.05) is 0 Å². The summed E-state index contributed by atoms with van der Waals surface area (Å²) in [6.07, 6.45) is 2.26. The Morgan fingerprint density at radius 1 is 1.50 bits per heavy atom. The fourth-order valence-corrected chi connectivity index (χ4v) is 2.00. The van der Waals surface area contributed by atoms with Crippen LogP contribution in [0.2, 0.25) is 0 Å². The molecule has 1 heterocycles. The highest BCUT2D eigenvalue weighted by Crippen LogP contribution is 2.08. The van der Waals surface area contributed by atoms with E-state index in [0.717, 1.165) is 45.6 Å². The van der Waals surface area contributed by atoms with Crippen molar-refractivity contribution in [3.05, 3.63) is 0 Å². The minimum Gasteiger partial charge on any atom is -0.390 e. The van der Waals surface area contributed by atoms with Gasteiger partial charge in [0.05, 0.1) is 18.8 Å². The lowest BCUT2D eigenvalue weighted by molar-refractivity contribution is -0.0412.